The van der Waals surface area contributed by atoms with Crippen molar-refractivity contribution in [1.82, 2.24) is 9.78 Å². The number of anilines is 1. The molecule has 1 N–H and O–H groups in total. The van der Waals surface area contributed by atoms with Gasteiger partial charge in [0.25, 0.3) is 5.56 Å². The van der Waals surface area contributed by atoms with Crippen molar-refractivity contribution in [2.75, 3.05) is 11.6 Å². The minimum absolute atomic E-state index is 0.290. The second-order valence-corrected chi connectivity index (χ2v) is 6.64. The van der Waals surface area contributed by atoms with Crippen molar-refractivity contribution in [3.63, 3.8) is 0 Å². The molecule has 0 bridgehead atoms. The first-order valence-corrected chi connectivity index (χ1v) is 9.41. The highest BCUT2D eigenvalue weighted by molar-refractivity contribution is 7.98. The standard InChI is InChI=1S/C20H19N3O2S/c1-14(20(25)21-16-8-10-17(26-2)11-9-16)23-19(24)13-12-18(22-23)15-6-4-3-5-7-15/h3-14H,1-2H3,(H,21,25). The van der Waals surface area contributed by atoms with Crippen molar-refractivity contribution in [2.24, 2.45) is 0 Å². The molecule has 1 amide bonds. The largest absolute Gasteiger partial charge is 0.324 e. The quantitative estimate of drug-likeness (QED) is 0.698. The molecule has 0 aliphatic rings. The van der Waals surface area contributed by atoms with E-state index in [9.17, 15) is 9.59 Å². The molecule has 0 aliphatic carbocycles. The van der Waals surface area contributed by atoms with Gasteiger partial charge in [-0.1, -0.05) is 30.3 Å². The van der Waals surface area contributed by atoms with Crippen LogP contribution in [0.15, 0.2) is 76.4 Å². The summed E-state index contributed by atoms with van der Waals surface area (Å²) in [5.41, 5.74) is 1.91. The number of rotatable bonds is 5. The Bertz CT molecular complexity index is 953. The molecule has 0 aliphatic heterocycles. The number of carbonyl (C=O) groups excluding carboxylic acids is 1. The topological polar surface area (TPSA) is 64.0 Å². The zero-order valence-corrected chi connectivity index (χ0v) is 15.4. The van der Waals surface area contributed by atoms with Crippen molar-refractivity contribution in [3.8, 4) is 11.3 Å². The maximum atomic E-state index is 12.6. The van der Waals surface area contributed by atoms with Crippen LogP contribution in [0.2, 0.25) is 0 Å². The molecule has 3 aromatic rings. The van der Waals surface area contributed by atoms with Gasteiger partial charge in [-0.15, -0.1) is 11.8 Å². The summed E-state index contributed by atoms with van der Waals surface area (Å²) in [5.74, 6) is -0.290. The SMILES string of the molecule is CSc1ccc(NC(=O)C(C)n2nc(-c3ccccc3)ccc2=O)cc1. The van der Waals surface area contributed by atoms with Crippen LogP contribution in [-0.2, 0) is 4.79 Å². The van der Waals surface area contributed by atoms with Gasteiger partial charge in [0.2, 0.25) is 5.91 Å². The Labute approximate surface area is 156 Å². The fourth-order valence-electron chi connectivity index (χ4n) is 2.50. The molecule has 0 radical (unpaired) electrons. The second kappa shape index (κ2) is 8.01. The summed E-state index contributed by atoms with van der Waals surface area (Å²) in [7, 11) is 0. The fraction of sp³-hybridized carbons (Fsp3) is 0.150. The van der Waals surface area contributed by atoms with Crippen LogP contribution < -0.4 is 10.9 Å². The van der Waals surface area contributed by atoms with E-state index in [0.29, 0.717) is 11.4 Å². The number of thioether (sulfide) groups is 1. The summed E-state index contributed by atoms with van der Waals surface area (Å²) < 4.78 is 1.22. The molecule has 3 rings (SSSR count). The molecule has 1 aromatic heterocycles. The summed E-state index contributed by atoms with van der Waals surface area (Å²) >= 11 is 1.63. The molecular formula is C20H19N3O2S. The number of nitrogens with zero attached hydrogens (tertiary/aromatic N) is 2. The van der Waals surface area contributed by atoms with Crippen LogP contribution in [0, 0.1) is 0 Å². The van der Waals surface area contributed by atoms with E-state index in [1.165, 1.54) is 10.7 Å². The Morgan fingerprint density at radius 1 is 1.04 bits per heavy atom. The van der Waals surface area contributed by atoms with Crippen molar-refractivity contribution < 1.29 is 4.79 Å². The van der Waals surface area contributed by atoms with E-state index in [1.54, 1.807) is 24.8 Å². The third-order valence-corrected chi connectivity index (χ3v) is 4.74. The van der Waals surface area contributed by atoms with Crippen LogP contribution in [0.25, 0.3) is 11.3 Å². The molecule has 1 atom stereocenters. The zero-order chi connectivity index (χ0) is 18.5. The number of aromatic nitrogens is 2. The van der Waals surface area contributed by atoms with E-state index in [2.05, 4.69) is 10.4 Å². The molecule has 0 saturated carbocycles. The van der Waals surface area contributed by atoms with E-state index >= 15 is 0 Å². The first-order chi connectivity index (χ1) is 12.6. The minimum atomic E-state index is -0.730. The van der Waals surface area contributed by atoms with Crippen molar-refractivity contribution in [3.05, 3.63) is 77.1 Å². The molecule has 0 fully saturated rings. The Hall–Kier alpha value is -2.86. The third-order valence-electron chi connectivity index (χ3n) is 4.00. The van der Waals surface area contributed by atoms with E-state index < -0.39 is 6.04 Å². The lowest BCUT2D eigenvalue weighted by Gasteiger charge is -2.15. The highest BCUT2D eigenvalue weighted by atomic mass is 32.2. The summed E-state index contributed by atoms with van der Waals surface area (Å²) in [5, 5.41) is 7.20. The molecule has 0 saturated heterocycles. The predicted molar refractivity (Wildman–Crippen MR) is 105 cm³/mol. The van der Waals surface area contributed by atoms with Gasteiger partial charge in [-0.3, -0.25) is 9.59 Å². The monoisotopic (exact) mass is 365 g/mol. The van der Waals surface area contributed by atoms with Gasteiger partial charge in [0.05, 0.1) is 5.69 Å². The number of hydrogen-bond acceptors (Lipinski definition) is 4. The summed E-state index contributed by atoms with van der Waals surface area (Å²) in [6, 6.07) is 19.5. The molecule has 2 aromatic carbocycles. The lowest BCUT2D eigenvalue weighted by Crippen LogP contribution is -2.33. The Kier molecular flexibility index (Phi) is 5.53. The molecule has 132 valence electrons. The van der Waals surface area contributed by atoms with Crippen LogP contribution in [0.4, 0.5) is 5.69 Å². The van der Waals surface area contributed by atoms with Crippen molar-refractivity contribution in [1.29, 1.82) is 0 Å². The minimum Gasteiger partial charge on any atom is -0.324 e. The van der Waals surface area contributed by atoms with E-state index in [-0.39, 0.29) is 11.5 Å². The zero-order valence-electron chi connectivity index (χ0n) is 14.5. The number of nitrogens with one attached hydrogen (secondary N) is 1. The maximum Gasteiger partial charge on any atom is 0.267 e. The average molecular weight is 365 g/mol. The summed E-state index contributed by atoms with van der Waals surface area (Å²) in [6.07, 6.45) is 1.99. The average Bonchev–Trinajstić information content (AvgIpc) is 2.69. The van der Waals surface area contributed by atoms with Gasteiger partial charge < -0.3 is 5.32 Å². The van der Waals surface area contributed by atoms with Gasteiger partial charge >= 0.3 is 0 Å². The van der Waals surface area contributed by atoms with Gasteiger partial charge in [-0.2, -0.15) is 5.10 Å². The van der Waals surface area contributed by atoms with Crippen molar-refractivity contribution >= 4 is 23.4 Å². The third kappa shape index (κ3) is 4.03. The first-order valence-electron chi connectivity index (χ1n) is 8.18. The number of benzene rings is 2. The molecule has 6 heteroatoms. The van der Waals surface area contributed by atoms with Crippen LogP contribution in [-0.4, -0.2) is 21.9 Å². The molecule has 5 nitrogen and oxygen atoms in total. The van der Waals surface area contributed by atoms with Crippen molar-refractivity contribution in [2.45, 2.75) is 17.9 Å². The number of hydrogen-bond donors (Lipinski definition) is 1. The van der Waals surface area contributed by atoms with Gasteiger partial charge in [-0.25, -0.2) is 4.68 Å². The van der Waals surface area contributed by atoms with Gasteiger partial charge in [-0.05, 0) is 43.5 Å². The van der Waals surface area contributed by atoms with Gasteiger partial charge in [0, 0.05) is 22.2 Å². The lowest BCUT2D eigenvalue weighted by molar-refractivity contribution is -0.119. The second-order valence-electron chi connectivity index (χ2n) is 5.76. The molecule has 1 heterocycles. The van der Waals surface area contributed by atoms with E-state index in [4.69, 9.17) is 0 Å². The summed E-state index contributed by atoms with van der Waals surface area (Å²) in [4.78, 5) is 25.9. The number of carbonyl (C=O) groups is 1. The lowest BCUT2D eigenvalue weighted by atomic mass is 10.1. The maximum absolute atomic E-state index is 12.6. The Balaban J connectivity index is 1.83. The highest BCUT2D eigenvalue weighted by Gasteiger charge is 2.18. The van der Waals surface area contributed by atoms with E-state index in [0.717, 1.165) is 10.5 Å². The Morgan fingerprint density at radius 2 is 1.73 bits per heavy atom. The van der Waals surface area contributed by atoms with Crippen LogP contribution >= 0.6 is 11.8 Å². The van der Waals surface area contributed by atoms with Crippen LogP contribution in [0.3, 0.4) is 0 Å². The van der Waals surface area contributed by atoms with E-state index in [1.807, 2.05) is 60.9 Å². The van der Waals surface area contributed by atoms with Gasteiger partial charge in [0.1, 0.15) is 6.04 Å². The molecule has 1 unspecified atom stereocenters. The summed E-state index contributed by atoms with van der Waals surface area (Å²) in [6.45, 7) is 1.66. The number of amides is 1. The molecular weight excluding hydrogens is 346 g/mol. The van der Waals surface area contributed by atoms with Crippen LogP contribution in [0.5, 0.6) is 0 Å². The highest BCUT2D eigenvalue weighted by Crippen LogP contribution is 2.19. The normalized spacial score (nSPS) is 11.8. The first kappa shape index (κ1) is 17.9. The van der Waals surface area contributed by atoms with Gasteiger partial charge in [0.15, 0.2) is 0 Å². The molecule has 26 heavy (non-hydrogen) atoms. The fourth-order valence-corrected chi connectivity index (χ4v) is 2.91. The van der Waals surface area contributed by atoms with Crippen LogP contribution in [0.1, 0.15) is 13.0 Å². The predicted octanol–water partition coefficient (Wildman–Crippen LogP) is 3.83. The smallest absolute Gasteiger partial charge is 0.267 e. The molecule has 0 spiro atoms. The Morgan fingerprint density at radius 3 is 2.38 bits per heavy atom.